The molecule has 1 N–H and O–H groups in total. The number of amides is 1. The zero-order chi connectivity index (χ0) is 13.3. The molecule has 1 aromatic rings. The number of hydrogen-bond acceptors (Lipinski definition) is 3. The minimum absolute atomic E-state index is 0.224. The summed E-state index contributed by atoms with van der Waals surface area (Å²) in [6, 6.07) is 9.79. The number of nitrogens with zero attached hydrogens (tertiary/aromatic N) is 1. The lowest BCUT2D eigenvalue weighted by Gasteiger charge is -2.15. The van der Waals surface area contributed by atoms with Crippen molar-refractivity contribution >= 4 is 5.91 Å². The lowest BCUT2D eigenvalue weighted by molar-refractivity contribution is -0.129. The molecule has 1 aromatic carbocycles. The smallest absolute Gasteiger partial charge is 0.236 e. The number of benzene rings is 1. The summed E-state index contributed by atoms with van der Waals surface area (Å²) in [5, 5.41) is 3.18. The van der Waals surface area contributed by atoms with Gasteiger partial charge in [0.05, 0.1) is 13.2 Å². The van der Waals surface area contributed by atoms with Crippen LogP contribution in [-0.2, 0) is 4.79 Å². The average molecular weight is 262 g/mol. The molecule has 19 heavy (non-hydrogen) atoms. The topological polar surface area (TPSA) is 41.6 Å². The van der Waals surface area contributed by atoms with E-state index in [1.165, 1.54) is 0 Å². The highest BCUT2D eigenvalue weighted by Gasteiger charge is 2.16. The molecular weight excluding hydrogens is 240 g/mol. The molecule has 0 radical (unpaired) electrons. The van der Waals surface area contributed by atoms with Gasteiger partial charge in [0.15, 0.2) is 0 Å². The van der Waals surface area contributed by atoms with Gasteiger partial charge in [-0.3, -0.25) is 4.79 Å². The van der Waals surface area contributed by atoms with Crippen LogP contribution in [-0.4, -0.2) is 43.6 Å². The molecule has 1 aliphatic rings. The highest BCUT2D eigenvalue weighted by Crippen LogP contribution is 2.08. The standard InChI is InChI=1S/C15H22N2O2/c18-15(17-10-4-5-11-17)13-16-9-6-12-19-14-7-2-1-3-8-14/h1-3,7-8,16H,4-6,9-13H2. The zero-order valence-electron chi connectivity index (χ0n) is 11.3. The van der Waals surface area contributed by atoms with Crippen molar-refractivity contribution in [1.29, 1.82) is 0 Å². The second-order valence-corrected chi connectivity index (χ2v) is 4.78. The molecule has 104 valence electrons. The molecule has 0 aliphatic carbocycles. The van der Waals surface area contributed by atoms with Crippen molar-refractivity contribution in [2.24, 2.45) is 0 Å². The molecule has 2 rings (SSSR count). The minimum atomic E-state index is 0.224. The fourth-order valence-corrected chi connectivity index (χ4v) is 2.18. The van der Waals surface area contributed by atoms with E-state index < -0.39 is 0 Å². The third kappa shape index (κ3) is 4.91. The van der Waals surface area contributed by atoms with Crippen LogP contribution in [0, 0.1) is 0 Å². The van der Waals surface area contributed by atoms with Gasteiger partial charge in [0.2, 0.25) is 5.91 Å². The predicted octanol–water partition coefficient (Wildman–Crippen LogP) is 1.67. The molecule has 0 unspecified atom stereocenters. The Labute approximate surface area is 114 Å². The first kappa shape index (κ1) is 13.9. The highest BCUT2D eigenvalue weighted by atomic mass is 16.5. The van der Waals surface area contributed by atoms with E-state index >= 15 is 0 Å². The van der Waals surface area contributed by atoms with E-state index in [2.05, 4.69) is 5.32 Å². The van der Waals surface area contributed by atoms with Crippen molar-refractivity contribution < 1.29 is 9.53 Å². The Hall–Kier alpha value is -1.55. The van der Waals surface area contributed by atoms with Gasteiger partial charge in [-0.15, -0.1) is 0 Å². The number of carbonyl (C=O) groups excluding carboxylic acids is 1. The van der Waals surface area contributed by atoms with E-state index in [4.69, 9.17) is 4.74 Å². The Kier molecular flexibility index (Phi) is 5.69. The van der Waals surface area contributed by atoms with Crippen molar-refractivity contribution in [3.05, 3.63) is 30.3 Å². The summed E-state index contributed by atoms with van der Waals surface area (Å²) in [6.07, 6.45) is 3.20. The maximum atomic E-state index is 11.7. The van der Waals surface area contributed by atoms with Crippen molar-refractivity contribution in [1.82, 2.24) is 10.2 Å². The van der Waals surface area contributed by atoms with Crippen LogP contribution in [0.2, 0.25) is 0 Å². The lowest BCUT2D eigenvalue weighted by Crippen LogP contribution is -2.36. The van der Waals surface area contributed by atoms with Gasteiger partial charge in [0.25, 0.3) is 0 Å². The Balaban J connectivity index is 1.49. The molecule has 1 aliphatic heterocycles. The molecule has 0 spiro atoms. The van der Waals surface area contributed by atoms with Crippen molar-refractivity contribution in [3.8, 4) is 5.75 Å². The first-order valence-corrected chi connectivity index (χ1v) is 7.02. The number of hydrogen-bond donors (Lipinski definition) is 1. The van der Waals surface area contributed by atoms with E-state index in [9.17, 15) is 4.79 Å². The Morgan fingerprint density at radius 3 is 2.68 bits per heavy atom. The first-order valence-electron chi connectivity index (χ1n) is 7.02. The van der Waals surface area contributed by atoms with Gasteiger partial charge in [-0.25, -0.2) is 0 Å². The second kappa shape index (κ2) is 7.79. The molecule has 0 bridgehead atoms. The summed E-state index contributed by atoms with van der Waals surface area (Å²) in [5.41, 5.74) is 0. The monoisotopic (exact) mass is 262 g/mol. The maximum absolute atomic E-state index is 11.7. The van der Waals surface area contributed by atoms with Crippen LogP contribution in [0.15, 0.2) is 30.3 Å². The van der Waals surface area contributed by atoms with Gasteiger partial charge in [0.1, 0.15) is 5.75 Å². The predicted molar refractivity (Wildman–Crippen MR) is 75.2 cm³/mol. The molecule has 4 nitrogen and oxygen atoms in total. The Bertz CT molecular complexity index is 375. The molecular formula is C15H22N2O2. The van der Waals surface area contributed by atoms with Crippen LogP contribution >= 0.6 is 0 Å². The third-order valence-electron chi connectivity index (χ3n) is 3.24. The van der Waals surface area contributed by atoms with E-state index in [1.54, 1.807) is 0 Å². The minimum Gasteiger partial charge on any atom is -0.494 e. The molecule has 1 fully saturated rings. The van der Waals surface area contributed by atoms with Crippen LogP contribution in [0.25, 0.3) is 0 Å². The quantitative estimate of drug-likeness (QED) is 0.760. The number of likely N-dealkylation sites (tertiary alicyclic amines) is 1. The SMILES string of the molecule is O=C(CNCCCOc1ccccc1)N1CCCC1. The lowest BCUT2D eigenvalue weighted by atomic mass is 10.3. The van der Waals surface area contributed by atoms with Gasteiger partial charge in [0, 0.05) is 13.1 Å². The molecule has 1 amide bonds. The van der Waals surface area contributed by atoms with Gasteiger partial charge < -0.3 is 15.0 Å². The fraction of sp³-hybridized carbons (Fsp3) is 0.533. The summed E-state index contributed by atoms with van der Waals surface area (Å²) in [6.45, 7) is 3.79. The van der Waals surface area contributed by atoms with Crippen molar-refractivity contribution in [3.63, 3.8) is 0 Å². The molecule has 0 saturated carbocycles. The Morgan fingerprint density at radius 1 is 1.21 bits per heavy atom. The van der Waals surface area contributed by atoms with Crippen molar-refractivity contribution in [2.75, 3.05) is 32.8 Å². The van der Waals surface area contributed by atoms with Crippen LogP contribution in [0.1, 0.15) is 19.3 Å². The number of ether oxygens (including phenoxy) is 1. The average Bonchev–Trinajstić information content (AvgIpc) is 2.98. The molecule has 1 saturated heterocycles. The van der Waals surface area contributed by atoms with Gasteiger partial charge >= 0.3 is 0 Å². The summed E-state index contributed by atoms with van der Waals surface area (Å²) in [5.74, 6) is 1.12. The first-order chi connectivity index (χ1) is 9.36. The number of carbonyl (C=O) groups is 1. The summed E-state index contributed by atoms with van der Waals surface area (Å²) in [7, 11) is 0. The normalized spacial score (nSPS) is 14.6. The zero-order valence-corrected chi connectivity index (χ0v) is 11.3. The van der Waals surface area contributed by atoms with Gasteiger partial charge in [-0.05, 0) is 37.9 Å². The van der Waals surface area contributed by atoms with Gasteiger partial charge in [-0.1, -0.05) is 18.2 Å². The number of nitrogens with one attached hydrogen (secondary N) is 1. The fourth-order valence-electron chi connectivity index (χ4n) is 2.18. The van der Waals surface area contributed by atoms with Crippen LogP contribution < -0.4 is 10.1 Å². The number of para-hydroxylation sites is 1. The van der Waals surface area contributed by atoms with Crippen LogP contribution in [0.5, 0.6) is 5.75 Å². The molecule has 0 aromatic heterocycles. The van der Waals surface area contributed by atoms with E-state index in [0.29, 0.717) is 13.2 Å². The largest absolute Gasteiger partial charge is 0.494 e. The van der Waals surface area contributed by atoms with E-state index in [0.717, 1.165) is 44.6 Å². The van der Waals surface area contributed by atoms with E-state index in [1.807, 2.05) is 35.2 Å². The summed E-state index contributed by atoms with van der Waals surface area (Å²) in [4.78, 5) is 13.7. The van der Waals surface area contributed by atoms with E-state index in [-0.39, 0.29) is 5.91 Å². The molecule has 0 atom stereocenters. The van der Waals surface area contributed by atoms with Crippen LogP contribution in [0.4, 0.5) is 0 Å². The number of rotatable bonds is 7. The second-order valence-electron chi connectivity index (χ2n) is 4.78. The summed E-state index contributed by atoms with van der Waals surface area (Å²) >= 11 is 0. The Morgan fingerprint density at radius 2 is 1.95 bits per heavy atom. The van der Waals surface area contributed by atoms with Gasteiger partial charge in [-0.2, -0.15) is 0 Å². The third-order valence-corrected chi connectivity index (χ3v) is 3.24. The maximum Gasteiger partial charge on any atom is 0.236 e. The van der Waals surface area contributed by atoms with Crippen molar-refractivity contribution in [2.45, 2.75) is 19.3 Å². The highest BCUT2D eigenvalue weighted by molar-refractivity contribution is 5.78. The van der Waals surface area contributed by atoms with Crippen LogP contribution in [0.3, 0.4) is 0 Å². The summed E-state index contributed by atoms with van der Waals surface area (Å²) < 4.78 is 5.58. The molecule has 4 heteroatoms. The molecule has 1 heterocycles.